The summed E-state index contributed by atoms with van der Waals surface area (Å²) < 4.78 is 29.4. The number of allylic oxidation sites excluding steroid dienone is 5. The third-order valence-electron chi connectivity index (χ3n) is 5.59. The normalized spacial score (nSPS) is 14.5. The minimum absolute atomic E-state index is 0.0471. The second-order valence-corrected chi connectivity index (χ2v) is 8.13. The zero-order chi connectivity index (χ0) is 24.7. The minimum atomic E-state index is -1.04. The molecule has 2 aromatic carbocycles. The van der Waals surface area contributed by atoms with Gasteiger partial charge in [-0.2, -0.15) is 4.98 Å². The SMILES string of the molecule is Nc1nc(Nc2ccc(C(=O)O)cc2)nc2c1CC=C1C2=CN=C(Cl)C=C1c1c(F)cccc1F. The number of nitrogens with zero attached hydrogens (tertiary/aromatic N) is 3. The Balaban J connectivity index is 1.58. The summed E-state index contributed by atoms with van der Waals surface area (Å²) in [5, 5.41) is 12.1. The smallest absolute Gasteiger partial charge is 0.335 e. The van der Waals surface area contributed by atoms with Crippen molar-refractivity contribution in [1.29, 1.82) is 0 Å². The molecule has 1 aliphatic heterocycles. The Morgan fingerprint density at radius 1 is 1.03 bits per heavy atom. The van der Waals surface area contributed by atoms with Crippen LogP contribution in [-0.4, -0.2) is 26.2 Å². The van der Waals surface area contributed by atoms with Gasteiger partial charge in [0, 0.05) is 23.0 Å². The zero-order valence-electron chi connectivity index (χ0n) is 17.9. The van der Waals surface area contributed by atoms with Crippen molar-refractivity contribution in [3.63, 3.8) is 0 Å². The van der Waals surface area contributed by atoms with Crippen molar-refractivity contribution in [2.45, 2.75) is 6.42 Å². The number of carboxylic acid groups (broad SMARTS) is 1. The molecule has 2 aliphatic rings. The van der Waals surface area contributed by atoms with Gasteiger partial charge in [-0.1, -0.05) is 23.7 Å². The van der Waals surface area contributed by atoms with Crippen LogP contribution in [0.2, 0.25) is 0 Å². The van der Waals surface area contributed by atoms with Gasteiger partial charge in [-0.3, -0.25) is 0 Å². The molecule has 7 nitrogen and oxygen atoms in total. The fraction of sp³-hybridized carbons (Fsp3) is 0.0400. The molecule has 0 unspecified atom stereocenters. The highest BCUT2D eigenvalue weighted by Gasteiger charge is 2.28. The number of hydrogen-bond acceptors (Lipinski definition) is 6. The number of anilines is 3. The van der Waals surface area contributed by atoms with Crippen molar-refractivity contribution in [3.8, 4) is 0 Å². The lowest BCUT2D eigenvalue weighted by Gasteiger charge is -2.23. The van der Waals surface area contributed by atoms with E-state index in [1.165, 1.54) is 42.6 Å². The molecule has 1 aromatic heterocycles. The van der Waals surface area contributed by atoms with E-state index < -0.39 is 17.6 Å². The van der Waals surface area contributed by atoms with E-state index in [1.54, 1.807) is 18.2 Å². The quantitative estimate of drug-likeness (QED) is 0.454. The van der Waals surface area contributed by atoms with Crippen molar-refractivity contribution in [2.24, 2.45) is 4.99 Å². The molecule has 10 heteroatoms. The van der Waals surface area contributed by atoms with Crippen LogP contribution in [0.1, 0.15) is 27.2 Å². The molecule has 2 heterocycles. The van der Waals surface area contributed by atoms with Crippen LogP contribution in [-0.2, 0) is 6.42 Å². The van der Waals surface area contributed by atoms with Crippen LogP contribution in [0.15, 0.2) is 71.4 Å². The first-order chi connectivity index (χ1) is 16.8. The lowest BCUT2D eigenvalue weighted by atomic mass is 9.84. The maximum absolute atomic E-state index is 14.7. The fourth-order valence-corrected chi connectivity index (χ4v) is 4.11. The molecule has 4 N–H and O–H groups in total. The summed E-state index contributed by atoms with van der Waals surface area (Å²) in [6.45, 7) is 0. The summed E-state index contributed by atoms with van der Waals surface area (Å²) in [7, 11) is 0. The maximum Gasteiger partial charge on any atom is 0.335 e. The summed E-state index contributed by atoms with van der Waals surface area (Å²) >= 11 is 6.21. The van der Waals surface area contributed by atoms with E-state index in [-0.39, 0.29) is 33.6 Å². The average Bonchev–Trinajstić information content (AvgIpc) is 2.98. The van der Waals surface area contributed by atoms with Gasteiger partial charge in [-0.15, -0.1) is 0 Å². The Bertz CT molecular complexity index is 1490. The van der Waals surface area contributed by atoms with Crippen LogP contribution in [0.25, 0.3) is 11.1 Å². The number of nitrogens with two attached hydrogens (primary N) is 1. The summed E-state index contributed by atoms with van der Waals surface area (Å²) in [4.78, 5) is 24.2. The number of aromatic nitrogens is 2. The molecule has 0 spiro atoms. The number of nitrogen functional groups attached to an aromatic ring is 1. The van der Waals surface area contributed by atoms with Crippen molar-refractivity contribution in [1.82, 2.24) is 9.97 Å². The maximum atomic E-state index is 14.7. The minimum Gasteiger partial charge on any atom is -0.478 e. The third-order valence-corrected chi connectivity index (χ3v) is 5.79. The number of rotatable bonds is 4. The van der Waals surface area contributed by atoms with Gasteiger partial charge in [-0.25, -0.2) is 23.6 Å². The van der Waals surface area contributed by atoms with E-state index >= 15 is 0 Å². The Morgan fingerprint density at radius 3 is 2.43 bits per heavy atom. The van der Waals surface area contributed by atoms with E-state index in [9.17, 15) is 13.6 Å². The first-order valence-electron chi connectivity index (χ1n) is 10.4. The number of carboxylic acids is 1. The molecule has 0 fully saturated rings. The van der Waals surface area contributed by atoms with Gasteiger partial charge in [0.2, 0.25) is 5.95 Å². The standard InChI is InChI=1S/C25H16ClF2N5O2/c26-20-10-16(21-18(27)2-1-3-19(21)28)14-8-9-15-22(17(14)11-30-20)32-25(33-23(15)29)31-13-6-4-12(5-7-13)24(34)35/h1-8,10-11H,9H2,(H,34,35)(H3,29,31,32,33). The first-order valence-corrected chi connectivity index (χ1v) is 10.8. The summed E-state index contributed by atoms with van der Waals surface area (Å²) in [6, 6.07) is 9.67. The largest absolute Gasteiger partial charge is 0.478 e. The number of aromatic carboxylic acids is 1. The Kier molecular flexibility index (Phi) is 5.62. The van der Waals surface area contributed by atoms with Gasteiger partial charge in [0.15, 0.2) is 0 Å². The molecule has 174 valence electrons. The van der Waals surface area contributed by atoms with Crippen molar-refractivity contribution < 1.29 is 18.7 Å². The van der Waals surface area contributed by atoms with Crippen molar-refractivity contribution in [3.05, 3.63) is 100 Å². The number of aliphatic imine (C=N–C) groups is 1. The van der Waals surface area contributed by atoms with Gasteiger partial charge in [0.1, 0.15) is 22.6 Å². The predicted octanol–water partition coefficient (Wildman–Crippen LogP) is 5.34. The van der Waals surface area contributed by atoms with Gasteiger partial charge >= 0.3 is 5.97 Å². The topological polar surface area (TPSA) is 113 Å². The molecule has 0 saturated heterocycles. The van der Waals surface area contributed by atoms with Crippen LogP contribution in [0.3, 0.4) is 0 Å². The molecular weight excluding hydrogens is 476 g/mol. The lowest BCUT2D eigenvalue weighted by molar-refractivity contribution is 0.0697. The monoisotopic (exact) mass is 491 g/mol. The lowest BCUT2D eigenvalue weighted by Crippen LogP contribution is -2.13. The van der Waals surface area contributed by atoms with E-state index in [4.69, 9.17) is 22.4 Å². The second kappa shape index (κ2) is 8.77. The summed E-state index contributed by atoms with van der Waals surface area (Å²) in [5.74, 6) is -2.13. The van der Waals surface area contributed by atoms with Gasteiger partial charge < -0.3 is 16.2 Å². The van der Waals surface area contributed by atoms with E-state index in [0.717, 1.165) is 0 Å². The fourth-order valence-electron chi connectivity index (χ4n) is 3.96. The highest BCUT2D eigenvalue weighted by molar-refractivity contribution is 6.69. The molecule has 5 rings (SSSR count). The summed E-state index contributed by atoms with van der Waals surface area (Å²) in [5.41, 5.74) is 8.98. The zero-order valence-corrected chi connectivity index (χ0v) is 18.6. The number of fused-ring (bicyclic) bond motifs is 3. The highest BCUT2D eigenvalue weighted by atomic mass is 35.5. The van der Waals surface area contributed by atoms with Crippen LogP contribution in [0.4, 0.5) is 26.2 Å². The number of hydrogen-bond donors (Lipinski definition) is 3. The van der Waals surface area contributed by atoms with Gasteiger partial charge in [0.05, 0.1) is 16.8 Å². The molecule has 3 aromatic rings. The Hall–Kier alpha value is -4.37. The number of carbonyl (C=O) groups is 1. The molecular formula is C25H16ClF2N5O2. The van der Waals surface area contributed by atoms with Crippen molar-refractivity contribution >= 4 is 51.3 Å². The number of halogens is 3. The van der Waals surface area contributed by atoms with Crippen LogP contribution < -0.4 is 11.1 Å². The number of benzene rings is 2. The highest BCUT2D eigenvalue weighted by Crippen LogP contribution is 2.42. The van der Waals surface area contributed by atoms with E-state index in [0.29, 0.717) is 34.5 Å². The Morgan fingerprint density at radius 2 is 1.74 bits per heavy atom. The predicted molar refractivity (Wildman–Crippen MR) is 131 cm³/mol. The summed E-state index contributed by atoms with van der Waals surface area (Å²) in [6.07, 6.45) is 5.00. The molecule has 0 saturated carbocycles. The molecule has 1 aliphatic carbocycles. The Labute approximate surface area is 203 Å². The van der Waals surface area contributed by atoms with E-state index in [1.807, 2.05) is 0 Å². The van der Waals surface area contributed by atoms with Gasteiger partial charge in [-0.05, 0) is 60.0 Å². The van der Waals surface area contributed by atoms with Crippen molar-refractivity contribution in [2.75, 3.05) is 11.1 Å². The average molecular weight is 492 g/mol. The van der Waals surface area contributed by atoms with Crippen LogP contribution in [0, 0.1) is 11.6 Å². The van der Waals surface area contributed by atoms with Gasteiger partial charge in [0.25, 0.3) is 0 Å². The molecule has 0 atom stereocenters. The third kappa shape index (κ3) is 4.17. The van der Waals surface area contributed by atoms with E-state index in [2.05, 4.69) is 20.3 Å². The van der Waals surface area contributed by atoms with Crippen LogP contribution >= 0.6 is 11.6 Å². The molecule has 0 bridgehead atoms. The van der Waals surface area contributed by atoms with Crippen LogP contribution in [0.5, 0.6) is 0 Å². The molecule has 0 radical (unpaired) electrons. The number of nitrogens with one attached hydrogen (secondary N) is 1. The first kappa shape index (κ1) is 22.4. The second-order valence-electron chi connectivity index (χ2n) is 7.74. The molecule has 0 amide bonds. The molecule has 35 heavy (non-hydrogen) atoms.